The summed E-state index contributed by atoms with van der Waals surface area (Å²) in [6.45, 7) is 3.05. The van der Waals surface area contributed by atoms with Crippen molar-refractivity contribution in [3.63, 3.8) is 0 Å². The number of benzene rings is 1. The molecule has 0 radical (unpaired) electrons. The third kappa shape index (κ3) is 5.79. The normalized spacial score (nSPS) is 18.1. The molecule has 11 nitrogen and oxygen atoms in total. The third-order valence-electron chi connectivity index (χ3n) is 5.98. The number of piperidine rings is 1. The molecule has 2 amide bonds. The van der Waals surface area contributed by atoms with Gasteiger partial charge in [-0.3, -0.25) is 9.59 Å². The summed E-state index contributed by atoms with van der Waals surface area (Å²) < 4.78 is 17.4. The molecule has 33 heavy (non-hydrogen) atoms. The van der Waals surface area contributed by atoms with Crippen LogP contribution >= 0.6 is 0 Å². The van der Waals surface area contributed by atoms with Gasteiger partial charge < -0.3 is 29.1 Å². The molecule has 0 unspecified atom stereocenters. The van der Waals surface area contributed by atoms with Crippen molar-refractivity contribution in [1.29, 1.82) is 0 Å². The van der Waals surface area contributed by atoms with E-state index in [4.69, 9.17) is 14.2 Å². The molecule has 0 atom stereocenters. The molecule has 2 fully saturated rings. The predicted molar refractivity (Wildman–Crippen MR) is 116 cm³/mol. The second-order valence-corrected chi connectivity index (χ2v) is 8.28. The van der Waals surface area contributed by atoms with Crippen LogP contribution in [0.5, 0.6) is 11.5 Å². The molecule has 1 aromatic carbocycles. The second kappa shape index (κ2) is 10.2. The Kier molecular flexibility index (Phi) is 7.09. The summed E-state index contributed by atoms with van der Waals surface area (Å²) in [6, 6.07) is 7.03. The van der Waals surface area contributed by atoms with Crippen LogP contribution < -0.4 is 9.47 Å². The van der Waals surface area contributed by atoms with Crippen LogP contribution in [0.25, 0.3) is 0 Å². The first kappa shape index (κ1) is 23.0. The minimum absolute atomic E-state index is 0.0686. The topological polar surface area (TPSA) is 119 Å². The Hall–Kier alpha value is -3.18. The van der Waals surface area contributed by atoms with E-state index in [1.165, 1.54) is 4.68 Å². The number of hydrogen-bond donors (Lipinski definition) is 1. The largest absolute Gasteiger partial charge is 0.497 e. The molecular weight excluding hydrogens is 430 g/mol. The van der Waals surface area contributed by atoms with E-state index in [0.717, 1.165) is 0 Å². The molecule has 1 N–H and O–H groups in total. The number of nitrogens with zero attached hydrogens (tertiary/aromatic N) is 5. The number of ether oxygens (including phenoxy) is 3. The quantitative estimate of drug-likeness (QED) is 0.623. The maximum atomic E-state index is 12.5. The molecular formula is C22H29N5O6. The third-order valence-corrected chi connectivity index (χ3v) is 5.98. The van der Waals surface area contributed by atoms with Gasteiger partial charge in [0.2, 0.25) is 0 Å². The summed E-state index contributed by atoms with van der Waals surface area (Å²) in [5, 5.41) is 19.0. The van der Waals surface area contributed by atoms with Crippen molar-refractivity contribution in [2.24, 2.45) is 0 Å². The summed E-state index contributed by atoms with van der Waals surface area (Å²) >= 11 is 0. The molecule has 1 aromatic heterocycles. The van der Waals surface area contributed by atoms with Gasteiger partial charge in [0.1, 0.15) is 11.5 Å². The van der Waals surface area contributed by atoms with Crippen LogP contribution in [0.4, 0.5) is 0 Å². The number of carbonyl (C=O) groups excluding carboxylic acids is 2. The smallest absolute Gasteiger partial charge is 0.276 e. The fourth-order valence-corrected chi connectivity index (χ4v) is 3.94. The maximum absolute atomic E-state index is 12.5. The van der Waals surface area contributed by atoms with Gasteiger partial charge in [0.05, 0.1) is 38.7 Å². The first-order chi connectivity index (χ1) is 16.0. The van der Waals surface area contributed by atoms with E-state index in [1.54, 1.807) is 47.4 Å². The molecule has 4 rings (SSSR count). The zero-order chi connectivity index (χ0) is 23.3. The Bertz CT molecular complexity index is 948. The molecule has 178 valence electrons. The van der Waals surface area contributed by atoms with E-state index in [2.05, 4.69) is 10.3 Å². The van der Waals surface area contributed by atoms with Crippen molar-refractivity contribution in [3.05, 3.63) is 36.2 Å². The van der Waals surface area contributed by atoms with Crippen LogP contribution in [0.3, 0.4) is 0 Å². The SMILES string of the molecule is COc1ccc(OCC(=O)N2CCC(O)(Cn3cc(C(=O)N4CCOCC4)nn3)CC2)cc1. The Morgan fingerprint density at radius 2 is 1.73 bits per heavy atom. The maximum Gasteiger partial charge on any atom is 0.276 e. The fraction of sp³-hybridized carbons (Fsp3) is 0.545. The van der Waals surface area contributed by atoms with E-state index in [9.17, 15) is 14.7 Å². The van der Waals surface area contributed by atoms with Gasteiger partial charge in [-0.2, -0.15) is 0 Å². The van der Waals surface area contributed by atoms with Gasteiger partial charge >= 0.3 is 0 Å². The number of amides is 2. The number of carbonyl (C=O) groups is 2. The first-order valence-corrected chi connectivity index (χ1v) is 11.0. The zero-order valence-corrected chi connectivity index (χ0v) is 18.7. The standard InChI is InChI=1S/C22H29N5O6/c1-31-17-2-4-18(5-3-17)33-15-20(28)25-8-6-22(30,7-9-25)16-27-14-19(23-24-27)21(29)26-10-12-32-13-11-26/h2-5,14,30H,6-13,15-16H2,1H3. The van der Waals surface area contributed by atoms with E-state index in [-0.39, 0.29) is 30.7 Å². The number of hydrogen-bond acceptors (Lipinski definition) is 8. The van der Waals surface area contributed by atoms with Gasteiger partial charge in [-0.25, -0.2) is 4.68 Å². The highest BCUT2D eigenvalue weighted by Gasteiger charge is 2.35. The predicted octanol–water partition coefficient (Wildman–Crippen LogP) is 0.192. The Balaban J connectivity index is 1.25. The summed E-state index contributed by atoms with van der Waals surface area (Å²) in [7, 11) is 1.59. The average Bonchev–Trinajstić information content (AvgIpc) is 3.31. The summed E-state index contributed by atoms with van der Waals surface area (Å²) in [4.78, 5) is 28.4. The van der Waals surface area contributed by atoms with E-state index < -0.39 is 5.60 Å². The van der Waals surface area contributed by atoms with E-state index in [1.807, 2.05) is 0 Å². The van der Waals surface area contributed by atoms with Crippen LogP contribution in [0.15, 0.2) is 30.5 Å². The lowest BCUT2D eigenvalue weighted by Gasteiger charge is -2.37. The van der Waals surface area contributed by atoms with Gasteiger partial charge in [-0.1, -0.05) is 5.21 Å². The number of aliphatic hydroxyl groups is 1. The molecule has 0 bridgehead atoms. The molecule has 0 spiro atoms. The monoisotopic (exact) mass is 459 g/mol. The molecule has 11 heteroatoms. The first-order valence-electron chi connectivity index (χ1n) is 11.0. The van der Waals surface area contributed by atoms with Crippen molar-refractivity contribution in [3.8, 4) is 11.5 Å². The molecule has 3 heterocycles. The lowest BCUT2D eigenvalue weighted by atomic mass is 9.91. The van der Waals surface area contributed by atoms with Gasteiger partial charge in [-0.05, 0) is 37.1 Å². The van der Waals surface area contributed by atoms with Gasteiger partial charge in [0.15, 0.2) is 12.3 Å². The average molecular weight is 460 g/mol. The molecule has 2 aromatic rings. The Labute approximate surface area is 191 Å². The van der Waals surface area contributed by atoms with Crippen LogP contribution in [0.2, 0.25) is 0 Å². The van der Waals surface area contributed by atoms with Crippen LogP contribution in [-0.2, 0) is 16.1 Å². The van der Waals surface area contributed by atoms with E-state index >= 15 is 0 Å². The lowest BCUT2D eigenvalue weighted by molar-refractivity contribution is -0.138. The fourth-order valence-electron chi connectivity index (χ4n) is 3.94. The highest BCUT2D eigenvalue weighted by atomic mass is 16.5. The van der Waals surface area contributed by atoms with Crippen LogP contribution in [-0.4, -0.2) is 100 Å². The molecule has 2 saturated heterocycles. The highest BCUT2D eigenvalue weighted by molar-refractivity contribution is 5.92. The molecule has 2 aliphatic rings. The second-order valence-electron chi connectivity index (χ2n) is 8.28. The van der Waals surface area contributed by atoms with Crippen molar-refractivity contribution >= 4 is 11.8 Å². The molecule has 0 aliphatic carbocycles. The molecule has 2 aliphatic heterocycles. The Morgan fingerprint density at radius 3 is 2.39 bits per heavy atom. The minimum atomic E-state index is -1.03. The Morgan fingerprint density at radius 1 is 1.06 bits per heavy atom. The minimum Gasteiger partial charge on any atom is -0.497 e. The zero-order valence-electron chi connectivity index (χ0n) is 18.7. The number of aromatic nitrogens is 3. The number of likely N-dealkylation sites (tertiary alicyclic amines) is 1. The van der Waals surface area contributed by atoms with Gasteiger partial charge in [0, 0.05) is 26.2 Å². The summed E-state index contributed by atoms with van der Waals surface area (Å²) in [5.41, 5.74) is -0.774. The van der Waals surface area contributed by atoms with Gasteiger partial charge in [-0.15, -0.1) is 5.10 Å². The lowest BCUT2D eigenvalue weighted by Crippen LogP contribution is -2.49. The highest BCUT2D eigenvalue weighted by Crippen LogP contribution is 2.24. The van der Waals surface area contributed by atoms with Crippen molar-refractivity contribution in [2.45, 2.75) is 25.0 Å². The van der Waals surface area contributed by atoms with Crippen molar-refractivity contribution in [1.82, 2.24) is 24.8 Å². The number of morpholine rings is 1. The number of rotatable bonds is 7. The van der Waals surface area contributed by atoms with Crippen LogP contribution in [0, 0.1) is 0 Å². The van der Waals surface area contributed by atoms with E-state index in [0.29, 0.717) is 63.7 Å². The summed E-state index contributed by atoms with van der Waals surface area (Å²) in [5.74, 6) is 0.987. The summed E-state index contributed by atoms with van der Waals surface area (Å²) in [6.07, 6.45) is 2.36. The number of methoxy groups -OCH3 is 1. The van der Waals surface area contributed by atoms with Crippen molar-refractivity contribution < 1.29 is 28.9 Å². The van der Waals surface area contributed by atoms with Gasteiger partial charge in [0.25, 0.3) is 11.8 Å². The molecule has 0 saturated carbocycles. The van der Waals surface area contributed by atoms with Crippen molar-refractivity contribution in [2.75, 3.05) is 53.1 Å². The van der Waals surface area contributed by atoms with Crippen LogP contribution in [0.1, 0.15) is 23.3 Å².